The van der Waals surface area contributed by atoms with E-state index in [1.807, 2.05) is 0 Å². The number of aromatic amines is 1. The van der Waals surface area contributed by atoms with E-state index >= 15 is 0 Å². The molecule has 1 aromatic heterocycles. The molecule has 20 heavy (non-hydrogen) atoms. The summed E-state index contributed by atoms with van der Waals surface area (Å²) >= 11 is 0. The van der Waals surface area contributed by atoms with E-state index in [9.17, 15) is 22.8 Å². The summed E-state index contributed by atoms with van der Waals surface area (Å²) in [4.78, 5) is 24.9. The summed E-state index contributed by atoms with van der Waals surface area (Å²) in [6.45, 7) is 1.47. The van der Waals surface area contributed by atoms with Crippen molar-refractivity contribution in [1.29, 1.82) is 0 Å². The highest BCUT2D eigenvalue weighted by Gasteiger charge is 2.30. The van der Waals surface area contributed by atoms with Gasteiger partial charge in [-0.15, -0.1) is 0 Å². The predicted molar refractivity (Wildman–Crippen MR) is 66.6 cm³/mol. The number of nitrogens with one attached hydrogen (secondary N) is 1. The van der Waals surface area contributed by atoms with Gasteiger partial charge in [-0.05, 0) is 24.6 Å². The molecule has 0 unspecified atom stereocenters. The van der Waals surface area contributed by atoms with Crippen molar-refractivity contribution in [3.05, 3.63) is 68.0 Å². The Bertz CT molecular complexity index is 744. The Labute approximate surface area is 111 Å². The van der Waals surface area contributed by atoms with Crippen LogP contribution in [0.15, 0.2) is 40.1 Å². The van der Waals surface area contributed by atoms with Gasteiger partial charge in [-0.25, -0.2) is 4.79 Å². The Hall–Kier alpha value is -2.31. The van der Waals surface area contributed by atoms with Gasteiger partial charge >= 0.3 is 11.9 Å². The third kappa shape index (κ3) is 2.98. The Balaban J connectivity index is 2.38. The highest BCUT2D eigenvalue weighted by atomic mass is 19.4. The van der Waals surface area contributed by atoms with Gasteiger partial charge in [0.1, 0.15) is 0 Å². The molecule has 1 aromatic carbocycles. The number of hydrogen-bond acceptors (Lipinski definition) is 2. The molecule has 7 heteroatoms. The van der Waals surface area contributed by atoms with Crippen LogP contribution in [-0.4, -0.2) is 9.55 Å². The van der Waals surface area contributed by atoms with Crippen molar-refractivity contribution >= 4 is 0 Å². The number of halogens is 3. The molecule has 0 radical (unpaired) electrons. The smallest absolute Gasteiger partial charge is 0.296 e. The Kier molecular flexibility index (Phi) is 3.52. The summed E-state index contributed by atoms with van der Waals surface area (Å²) in [6.07, 6.45) is -3.11. The van der Waals surface area contributed by atoms with Gasteiger partial charge in [0.25, 0.3) is 5.56 Å². The lowest BCUT2D eigenvalue weighted by molar-refractivity contribution is -0.137. The van der Waals surface area contributed by atoms with Crippen LogP contribution < -0.4 is 11.2 Å². The molecule has 4 nitrogen and oxygen atoms in total. The van der Waals surface area contributed by atoms with Crippen molar-refractivity contribution in [3.63, 3.8) is 0 Å². The van der Waals surface area contributed by atoms with Crippen molar-refractivity contribution in [2.24, 2.45) is 0 Å². The van der Waals surface area contributed by atoms with E-state index in [1.54, 1.807) is 0 Å². The van der Waals surface area contributed by atoms with Crippen LogP contribution in [0.5, 0.6) is 0 Å². The van der Waals surface area contributed by atoms with E-state index in [4.69, 9.17) is 0 Å². The Morgan fingerprint density at radius 2 is 1.95 bits per heavy atom. The molecular weight excluding hydrogens is 273 g/mol. The van der Waals surface area contributed by atoms with Gasteiger partial charge in [0, 0.05) is 11.8 Å². The number of benzene rings is 1. The molecule has 0 saturated heterocycles. The van der Waals surface area contributed by atoms with Crippen LogP contribution in [0.2, 0.25) is 0 Å². The average Bonchev–Trinajstić information content (AvgIpc) is 2.35. The first-order chi connectivity index (χ1) is 9.27. The van der Waals surface area contributed by atoms with Crippen LogP contribution in [0, 0.1) is 6.92 Å². The number of nitrogens with zero attached hydrogens (tertiary/aromatic N) is 1. The lowest BCUT2D eigenvalue weighted by Crippen LogP contribution is -2.31. The molecule has 106 valence electrons. The number of aromatic nitrogens is 2. The molecule has 0 bridgehead atoms. The van der Waals surface area contributed by atoms with E-state index in [1.165, 1.54) is 25.3 Å². The number of H-pyrrole nitrogens is 1. The summed E-state index contributed by atoms with van der Waals surface area (Å²) in [6, 6.07) is 4.71. The second-order valence-corrected chi connectivity index (χ2v) is 4.40. The molecule has 0 fully saturated rings. The molecular formula is C13H11F3N2O2. The van der Waals surface area contributed by atoms with E-state index < -0.39 is 23.0 Å². The van der Waals surface area contributed by atoms with Crippen LogP contribution in [-0.2, 0) is 12.7 Å². The van der Waals surface area contributed by atoms with Gasteiger partial charge < -0.3 is 0 Å². The lowest BCUT2D eigenvalue weighted by Gasteiger charge is -2.10. The summed E-state index contributed by atoms with van der Waals surface area (Å²) < 4.78 is 38.9. The lowest BCUT2D eigenvalue weighted by atomic mass is 10.1. The van der Waals surface area contributed by atoms with Gasteiger partial charge in [-0.2, -0.15) is 13.2 Å². The summed E-state index contributed by atoms with van der Waals surface area (Å²) in [5.41, 5.74) is -1.29. The second-order valence-electron chi connectivity index (χ2n) is 4.40. The van der Waals surface area contributed by atoms with E-state index in [0.717, 1.165) is 16.7 Å². The van der Waals surface area contributed by atoms with Crippen LogP contribution in [0.1, 0.15) is 16.7 Å². The topological polar surface area (TPSA) is 54.9 Å². The zero-order valence-corrected chi connectivity index (χ0v) is 10.5. The van der Waals surface area contributed by atoms with Crippen LogP contribution >= 0.6 is 0 Å². The quantitative estimate of drug-likeness (QED) is 0.916. The minimum Gasteiger partial charge on any atom is -0.296 e. The minimum atomic E-state index is -4.43. The molecule has 0 aliphatic heterocycles. The largest absolute Gasteiger partial charge is 0.416 e. The van der Waals surface area contributed by atoms with Crippen molar-refractivity contribution in [2.45, 2.75) is 19.6 Å². The van der Waals surface area contributed by atoms with Crippen LogP contribution in [0.25, 0.3) is 0 Å². The van der Waals surface area contributed by atoms with Gasteiger partial charge in [-0.3, -0.25) is 14.3 Å². The number of hydrogen-bond donors (Lipinski definition) is 1. The third-order valence-corrected chi connectivity index (χ3v) is 2.80. The van der Waals surface area contributed by atoms with Crippen molar-refractivity contribution in [2.75, 3.05) is 0 Å². The number of alkyl halides is 3. The van der Waals surface area contributed by atoms with Crippen LogP contribution in [0.3, 0.4) is 0 Å². The molecule has 0 atom stereocenters. The van der Waals surface area contributed by atoms with Crippen molar-refractivity contribution in [1.82, 2.24) is 9.55 Å². The molecule has 1 heterocycles. The molecule has 0 saturated carbocycles. The zero-order valence-electron chi connectivity index (χ0n) is 10.5. The first kappa shape index (κ1) is 14.1. The molecule has 2 aromatic rings. The Morgan fingerprint density at radius 3 is 2.60 bits per heavy atom. The molecule has 0 spiro atoms. The van der Waals surface area contributed by atoms with Gasteiger partial charge in [0.05, 0.1) is 12.1 Å². The third-order valence-electron chi connectivity index (χ3n) is 2.80. The number of rotatable bonds is 2. The standard InChI is InChI=1S/C13H11F3N2O2/c1-8-6-18(12(20)17-11(8)19)7-9-3-2-4-10(5-9)13(14,15)16/h2-6H,7H2,1H3,(H,17,19,20). The minimum absolute atomic E-state index is 0.0413. The van der Waals surface area contributed by atoms with Gasteiger partial charge in [-0.1, -0.05) is 12.1 Å². The molecule has 0 amide bonds. The fourth-order valence-electron chi connectivity index (χ4n) is 1.78. The van der Waals surface area contributed by atoms with E-state index in [2.05, 4.69) is 4.98 Å². The summed E-state index contributed by atoms with van der Waals surface area (Å²) in [5, 5.41) is 0. The van der Waals surface area contributed by atoms with Crippen molar-refractivity contribution in [3.8, 4) is 0 Å². The van der Waals surface area contributed by atoms with Gasteiger partial charge in [0.15, 0.2) is 0 Å². The summed E-state index contributed by atoms with van der Waals surface area (Å²) in [5.74, 6) is 0. The maximum atomic E-state index is 12.6. The van der Waals surface area contributed by atoms with Gasteiger partial charge in [0.2, 0.25) is 0 Å². The fraction of sp³-hybridized carbons (Fsp3) is 0.231. The molecule has 1 N–H and O–H groups in total. The molecule has 2 rings (SSSR count). The molecule has 0 aliphatic rings. The predicted octanol–water partition coefficient (Wildman–Crippen LogP) is 1.91. The maximum absolute atomic E-state index is 12.6. The highest BCUT2D eigenvalue weighted by Crippen LogP contribution is 2.29. The zero-order chi connectivity index (χ0) is 14.9. The summed E-state index contributed by atoms with van der Waals surface area (Å²) in [7, 11) is 0. The highest BCUT2D eigenvalue weighted by molar-refractivity contribution is 5.26. The second kappa shape index (κ2) is 4.99. The fourth-order valence-corrected chi connectivity index (χ4v) is 1.78. The van der Waals surface area contributed by atoms with Crippen molar-refractivity contribution < 1.29 is 13.2 Å². The first-order valence-corrected chi connectivity index (χ1v) is 5.74. The van der Waals surface area contributed by atoms with E-state index in [-0.39, 0.29) is 6.54 Å². The monoisotopic (exact) mass is 284 g/mol. The normalized spacial score (nSPS) is 11.6. The average molecular weight is 284 g/mol. The first-order valence-electron chi connectivity index (χ1n) is 5.74. The Morgan fingerprint density at radius 1 is 1.25 bits per heavy atom. The van der Waals surface area contributed by atoms with E-state index in [0.29, 0.717) is 11.1 Å². The number of aryl methyl sites for hydroxylation is 1. The van der Waals surface area contributed by atoms with Crippen LogP contribution in [0.4, 0.5) is 13.2 Å². The SMILES string of the molecule is Cc1cn(Cc2cccc(C(F)(F)F)c2)c(=O)[nH]c1=O. The molecule has 0 aliphatic carbocycles. The maximum Gasteiger partial charge on any atom is 0.416 e.